The fourth-order valence-corrected chi connectivity index (χ4v) is 3.45. The lowest BCUT2D eigenvalue weighted by Crippen LogP contribution is -2.49. The molecule has 0 heterocycles. The maximum atomic E-state index is 12.4. The number of carbonyl (C=O) groups excluding carboxylic acids is 1. The summed E-state index contributed by atoms with van der Waals surface area (Å²) < 4.78 is 20.7. The standard InChI is InChI=1S/C18H27BrO5/c1-6-23-17(20)18(3,19)16(24-12-21-4)13(2)15(22-5)14-10-8-7-9-11-14/h7-11,13,15-16H,6,12H2,1-5H3/t13-,15-,16+,18?/m0/s1. The second-order valence-corrected chi connectivity index (χ2v) is 7.36. The molecule has 0 saturated heterocycles. The molecule has 0 aliphatic carbocycles. The summed E-state index contributed by atoms with van der Waals surface area (Å²) in [5, 5.41) is 0. The first-order valence-electron chi connectivity index (χ1n) is 7.94. The van der Waals surface area contributed by atoms with E-state index in [1.807, 2.05) is 37.3 Å². The number of esters is 1. The van der Waals surface area contributed by atoms with Gasteiger partial charge in [0.2, 0.25) is 0 Å². The van der Waals surface area contributed by atoms with Crippen LogP contribution >= 0.6 is 15.9 Å². The van der Waals surface area contributed by atoms with Crippen LogP contribution in [0.2, 0.25) is 0 Å². The van der Waals surface area contributed by atoms with E-state index < -0.39 is 10.4 Å². The molecule has 0 spiro atoms. The van der Waals surface area contributed by atoms with Crippen molar-refractivity contribution in [2.45, 2.75) is 37.3 Å². The predicted octanol–water partition coefficient (Wildman–Crippen LogP) is 3.72. The Morgan fingerprint density at radius 1 is 1.25 bits per heavy atom. The molecule has 1 aromatic rings. The zero-order valence-corrected chi connectivity index (χ0v) is 16.5. The Balaban J connectivity index is 3.10. The molecule has 0 saturated carbocycles. The Kier molecular flexibility index (Phi) is 8.91. The van der Waals surface area contributed by atoms with Crippen LogP contribution in [0.5, 0.6) is 0 Å². The van der Waals surface area contributed by atoms with Crippen molar-refractivity contribution in [2.75, 3.05) is 27.6 Å². The number of benzene rings is 1. The fraction of sp³-hybridized carbons (Fsp3) is 0.611. The predicted molar refractivity (Wildman–Crippen MR) is 96.1 cm³/mol. The van der Waals surface area contributed by atoms with Crippen LogP contribution < -0.4 is 0 Å². The Hall–Kier alpha value is -0.950. The molecule has 1 rings (SSSR count). The molecule has 24 heavy (non-hydrogen) atoms. The Morgan fingerprint density at radius 2 is 1.88 bits per heavy atom. The van der Waals surface area contributed by atoms with E-state index in [2.05, 4.69) is 15.9 Å². The lowest BCUT2D eigenvalue weighted by Gasteiger charge is -2.37. The Morgan fingerprint density at radius 3 is 2.38 bits per heavy atom. The fourth-order valence-electron chi connectivity index (χ4n) is 2.79. The van der Waals surface area contributed by atoms with Gasteiger partial charge in [-0.25, -0.2) is 0 Å². The van der Waals surface area contributed by atoms with Crippen molar-refractivity contribution in [1.82, 2.24) is 0 Å². The van der Waals surface area contributed by atoms with Crippen molar-refractivity contribution in [2.24, 2.45) is 5.92 Å². The summed E-state index contributed by atoms with van der Waals surface area (Å²) in [6, 6.07) is 9.85. The zero-order chi connectivity index (χ0) is 18.2. The van der Waals surface area contributed by atoms with Gasteiger partial charge in [0.15, 0.2) is 0 Å². The summed E-state index contributed by atoms with van der Waals surface area (Å²) in [6.45, 7) is 5.88. The van der Waals surface area contributed by atoms with E-state index in [1.165, 1.54) is 0 Å². The van der Waals surface area contributed by atoms with Gasteiger partial charge in [-0.05, 0) is 19.4 Å². The smallest absolute Gasteiger partial charge is 0.325 e. The normalized spacial score (nSPS) is 17.6. The molecular weight excluding hydrogens is 376 g/mol. The molecule has 4 atom stereocenters. The van der Waals surface area contributed by atoms with Crippen molar-refractivity contribution < 1.29 is 23.7 Å². The summed E-state index contributed by atoms with van der Waals surface area (Å²) in [5.41, 5.74) is 1.02. The number of halogens is 1. The number of hydrogen-bond donors (Lipinski definition) is 0. The van der Waals surface area contributed by atoms with Crippen LogP contribution in [0, 0.1) is 5.92 Å². The third-order valence-electron chi connectivity index (χ3n) is 3.91. The molecule has 5 nitrogen and oxygen atoms in total. The van der Waals surface area contributed by atoms with E-state index in [0.29, 0.717) is 6.61 Å². The summed E-state index contributed by atoms with van der Waals surface area (Å²) in [7, 11) is 3.19. The summed E-state index contributed by atoms with van der Waals surface area (Å²) >= 11 is 3.51. The maximum Gasteiger partial charge on any atom is 0.325 e. The van der Waals surface area contributed by atoms with Gasteiger partial charge in [0, 0.05) is 20.1 Å². The number of carbonyl (C=O) groups is 1. The van der Waals surface area contributed by atoms with Crippen molar-refractivity contribution in [1.29, 1.82) is 0 Å². The molecule has 6 heteroatoms. The average molecular weight is 403 g/mol. The van der Waals surface area contributed by atoms with Gasteiger partial charge in [0.1, 0.15) is 11.1 Å². The molecule has 0 radical (unpaired) electrons. The number of ether oxygens (including phenoxy) is 4. The van der Waals surface area contributed by atoms with E-state index in [-0.39, 0.29) is 24.8 Å². The Bertz CT molecular complexity index is 491. The minimum atomic E-state index is -1.02. The highest BCUT2D eigenvalue weighted by Gasteiger charge is 2.46. The minimum absolute atomic E-state index is 0.0703. The monoisotopic (exact) mass is 402 g/mol. The third kappa shape index (κ3) is 5.28. The van der Waals surface area contributed by atoms with Gasteiger partial charge in [-0.15, -0.1) is 0 Å². The largest absolute Gasteiger partial charge is 0.465 e. The van der Waals surface area contributed by atoms with Crippen molar-refractivity contribution in [3.8, 4) is 0 Å². The van der Waals surface area contributed by atoms with Crippen LogP contribution in [0.1, 0.15) is 32.4 Å². The number of rotatable bonds is 10. The van der Waals surface area contributed by atoms with Crippen molar-refractivity contribution >= 4 is 21.9 Å². The first-order valence-corrected chi connectivity index (χ1v) is 8.73. The van der Waals surface area contributed by atoms with Crippen LogP contribution in [-0.4, -0.2) is 44.0 Å². The Labute approximate surface area is 152 Å². The second-order valence-electron chi connectivity index (χ2n) is 5.72. The SMILES string of the molecule is CCOC(=O)C(C)(Br)[C@H](OCOC)[C@@H](C)[C@H](OC)c1ccccc1. The van der Waals surface area contributed by atoms with Gasteiger partial charge in [-0.1, -0.05) is 53.2 Å². The molecule has 0 amide bonds. The molecule has 0 aromatic heterocycles. The van der Waals surface area contributed by atoms with Crippen LogP contribution in [0.3, 0.4) is 0 Å². The molecule has 1 unspecified atom stereocenters. The zero-order valence-electron chi connectivity index (χ0n) is 15.0. The van der Waals surface area contributed by atoms with E-state index in [1.54, 1.807) is 28.1 Å². The van der Waals surface area contributed by atoms with Crippen LogP contribution in [-0.2, 0) is 23.7 Å². The van der Waals surface area contributed by atoms with Gasteiger partial charge >= 0.3 is 5.97 Å². The van der Waals surface area contributed by atoms with Gasteiger partial charge in [-0.3, -0.25) is 4.79 Å². The first-order chi connectivity index (χ1) is 11.4. The summed E-state index contributed by atoms with van der Waals surface area (Å²) in [4.78, 5) is 12.4. The van der Waals surface area contributed by atoms with Crippen LogP contribution in [0.4, 0.5) is 0 Å². The molecular formula is C18H27BrO5. The lowest BCUT2D eigenvalue weighted by atomic mass is 9.86. The van der Waals surface area contributed by atoms with Crippen molar-refractivity contribution in [3.05, 3.63) is 35.9 Å². The van der Waals surface area contributed by atoms with Crippen molar-refractivity contribution in [3.63, 3.8) is 0 Å². The topological polar surface area (TPSA) is 54.0 Å². The van der Waals surface area contributed by atoms with E-state index in [9.17, 15) is 4.79 Å². The molecule has 0 fully saturated rings. The molecule has 0 N–H and O–H groups in total. The van der Waals surface area contributed by atoms with Gasteiger partial charge in [-0.2, -0.15) is 0 Å². The average Bonchev–Trinajstić information content (AvgIpc) is 2.57. The van der Waals surface area contributed by atoms with Crippen LogP contribution in [0.25, 0.3) is 0 Å². The minimum Gasteiger partial charge on any atom is -0.465 e. The molecule has 1 aromatic carbocycles. The number of alkyl halides is 1. The molecule has 0 aliphatic heterocycles. The quantitative estimate of drug-likeness (QED) is 0.339. The highest BCUT2D eigenvalue weighted by molar-refractivity contribution is 9.10. The van der Waals surface area contributed by atoms with Gasteiger partial charge in [0.05, 0.1) is 18.8 Å². The first kappa shape index (κ1) is 21.1. The molecule has 0 aliphatic rings. The van der Waals surface area contributed by atoms with E-state index in [4.69, 9.17) is 18.9 Å². The maximum absolute atomic E-state index is 12.4. The third-order valence-corrected chi connectivity index (χ3v) is 4.69. The highest BCUT2D eigenvalue weighted by Crippen LogP contribution is 2.38. The van der Waals surface area contributed by atoms with Gasteiger partial charge in [0.25, 0.3) is 0 Å². The summed E-state index contributed by atoms with van der Waals surface area (Å²) in [6.07, 6.45) is -0.749. The van der Waals surface area contributed by atoms with E-state index in [0.717, 1.165) is 5.56 Å². The number of methoxy groups -OCH3 is 2. The molecule has 136 valence electrons. The van der Waals surface area contributed by atoms with Crippen LogP contribution in [0.15, 0.2) is 30.3 Å². The lowest BCUT2D eigenvalue weighted by molar-refractivity contribution is -0.161. The van der Waals surface area contributed by atoms with Gasteiger partial charge < -0.3 is 18.9 Å². The number of hydrogen-bond acceptors (Lipinski definition) is 5. The highest BCUT2D eigenvalue weighted by atomic mass is 79.9. The second kappa shape index (κ2) is 10.1. The molecule has 0 bridgehead atoms. The summed E-state index contributed by atoms with van der Waals surface area (Å²) in [5.74, 6) is -0.512. The van der Waals surface area contributed by atoms with E-state index >= 15 is 0 Å².